The van der Waals surface area contributed by atoms with Gasteiger partial charge in [-0.1, -0.05) is 0 Å². The molecule has 1 heterocycles. The number of nitrogens with zero attached hydrogens (tertiary/aromatic N) is 4. The van der Waals surface area contributed by atoms with Crippen molar-refractivity contribution in [3.05, 3.63) is 5.01 Å². The fourth-order valence-corrected chi connectivity index (χ4v) is 1.62. The monoisotopic (exact) mass is 196 g/mol. The summed E-state index contributed by atoms with van der Waals surface area (Å²) in [4.78, 5) is 6.32. The quantitative estimate of drug-likeness (QED) is 0.731. The van der Waals surface area contributed by atoms with E-state index in [2.05, 4.69) is 34.2 Å². The lowest BCUT2D eigenvalue weighted by molar-refractivity contribution is 0.832. The fraction of sp³-hybridized carbons (Fsp3) is 0.625. The minimum Gasteiger partial charge on any atom is -0.341 e. The van der Waals surface area contributed by atoms with E-state index < -0.39 is 0 Å². The van der Waals surface area contributed by atoms with Crippen molar-refractivity contribution in [1.29, 1.82) is 5.26 Å². The highest BCUT2D eigenvalue weighted by atomic mass is 32.1. The molecule has 1 aromatic heterocycles. The van der Waals surface area contributed by atoms with Crippen LogP contribution in [0, 0.1) is 11.3 Å². The molecule has 0 bridgehead atoms. The van der Waals surface area contributed by atoms with Crippen molar-refractivity contribution in [3.63, 3.8) is 0 Å². The highest BCUT2D eigenvalue weighted by molar-refractivity contribution is 7.05. The van der Waals surface area contributed by atoms with Gasteiger partial charge in [0, 0.05) is 13.1 Å². The van der Waals surface area contributed by atoms with E-state index in [1.807, 2.05) is 0 Å². The first-order chi connectivity index (χ1) is 6.31. The number of anilines is 1. The predicted molar refractivity (Wildman–Crippen MR) is 52.8 cm³/mol. The van der Waals surface area contributed by atoms with Crippen molar-refractivity contribution in [2.45, 2.75) is 20.3 Å². The first-order valence-corrected chi connectivity index (χ1v) is 5.03. The van der Waals surface area contributed by atoms with E-state index in [-0.39, 0.29) is 0 Å². The molecule has 0 atom stereocenters. The zero-order valence-corrected chi connectivity index (χ0v) is 8.63. The number of hydrogen-bond acceptors (Lipinski definition) is 5. The lowest BCUT2D eigenvalue weighted by atomic mass is 10.5. The van der Waals surface area contributed by atoms with Gasteiger partial charge < -0.3 is 4.90 Å². The lowest BCUT2D eigenvalue weighted by Gasteiger charge is -2.15. The highest BCUT2D eigenvalue weighted by Gasteiger charge is 2.08. The Hall–Kier alpha value is -1.15. The third-order valence-electron chi connectivity index (χ3n) is 1.73. The summed E-state index contributed by atoms with van der Waals surface area (Å²) in [6.07, 6.45) is 0.360. The van der Waals surface area contributed by atoms with Crippen LogP contribution >= 0.6 is 11.5 Å². The topological polar surface area (TPSA) is 52.8 Å². The Morgan fingerprint density at radius 1 is 1.46 bits per heavy atom. The van der Waals surface area contributed by atoms with Crippen molar-refractivity contribution in [2.24, 2.45) is 0 Å². The molecular formula is C8H12N4S. The van der Waals surface area contributed by atoms with E-state index in [4.69, 9.17) is 5.26 Å². The predicted octanol–water partition coefficient (Wildman–Crippen LogP) is 1.45. The molecule has 0 spiro atoms. The molecule has 13 heavy (non-hydrogen) atoms. The number of aromatic nitrogens is 2. The molecule has 0 aromatic carbocycles. The van der Waals surface area contributed by atoms with Gasteiger partial charge in [0.25, 0.3) is 0 Å². The Morgan fingerprint density at radius 3 is 2.69 bits per heavy atom. The van der Waals surface area contributed by atoms with Crippen LogP contribution in [0.3, 0.4) is 0 Å². The van der Waals surface area contributed by atoms with E-state index in [1.54, 1.807) is 0 Å². The lowest BCUT2D eigenvalue weighted by Crippen LogP contribution is -2.22. The normalized spacial score (nSPS) is 9.62. The first kappa shape index (κ1) is 9.93. The van der Waals surface area contributed by atoms with E-state index in [0.29, 0.717) is 6.42 Å². The van der Waals surface area contributed by atoms with Crippen LogP contribution in [0.25, 0.3) is 0 Å². The molecule has 0 saturated carbocycles. The summed E-state index contributed by atoms with van der Waals surface area (Å²) < 4.78 is 4.18. The molecule has 0 aliphatic rings. The molecule has 0 unspecified atom stereocenters. The average molecular weight is 196 g/mol. The summed E-state index contributed by atoms with van der Waals surface area (Å²) in [5.41, 5.74) is 0. The Kier molecular flexibility index (Phi) is 3.65. The SMILES string of the molecule is CCN(CC)c1nsc(CC#N)n1. The van der Waals surface area contributed by atoms with Gasteiger partial charge in [-0.05, 0) is 25.4 Å². The third-order valence-corrected chi connectivity index (χ3v) is 2.43. The zero-order chi connectivity index (χ0) is 9.68. The van der Waals surface area contributed by atoms with Crippen molar-refractivity contribution in [1.82, 2.24) is 9.36 Å². The average Bonchev–Trinajstić information content (AvgIpc) is 2.56. The number of hydrogen-bond donors (Lipinski definition) is 0. The molecule has 0 aliphatic heterocycles. The van der Waals surface area contributed by atoms with E-state index >= 15 is 0 Å². The van der Waals surface area contributed by atoms with Crippen LogP contribution in [0.5, 0.6) is 0 Å². The second-order valence-electron chi connectivity index (χ2n) is 2.50. The molecular weight excluding hydrogens is 184 g/mol. The van der Waals surface area contributed by atoms with E-state index in [1.165, 1.54) is 11.5 Å². The third kappa shape index (κ3) is 2.39. The van der Waals surface area contributed by atoms with Gasteiger partial charge in [0.2, 0.25) is 5.95 Å². The molecule has 1 rings (SSSR count). The summed E-state index contributed by atoms with van der Waals surface area (Å²) >= 11 is 1.31. The van der Waals surface area contributed by atoms with Crippen LogP contribution in [-0.4, -0.2) is 22.4 Å². The molecule has 0 aliphatic carbocycles. The minimum absolute atomic E-state index is 0.360. The standard InChI is InChI=1S/C8H12N4S/c1-3-12(4-2)8-10-7(5-6-9)13-11-8/h3-5H2,1-2H3. The van der Waals surface area contributed by atoms with E-state index in [0.717, 1.165) is 24.0 Å². The Bertz CT molecular complexity index is 297. The van der Waals surface area contributed by atoms with Crippen molar-refractivity contribution in [2.75, 3.05) is 18.0 Å². The summed E-state index contributed by atoms with van der Waals surface area (Å²) in [6.45, 7) is 5.93. The van der Waals surface area contributed by atoms with Gasteiger partial charge in [0.15, 0.2) is 0 Å². The maximum atomic E-state index is 8.46. The first-order valence-electron chi connectivity index (χ1n) is 4.26. The molecule has 0 fully saturated rings. The molecule has 0 saturated heterocycles. The van der Waals surface area contributed by atoms with Gasteiger partial charge in [0.05, 0.1) is 12.5 Å². The summed E-state index contributed by atoms with van der Waals surface area (Å²) in [6, 6.07) is 2.06. The summed E-state index contributed by atoms with van der Waals surface area (Å²) in [7, 11) is 0. The maximum Gasteiger partial charge on any atom is 0.237 e. The molecule has 0 amide bonds. The van der Waals surface area contributed by atoms with Gasteiger partial charge in [-0.15, -0.1) is 0 Å². The second kappa shape index (κ2) is 4.77. The maximum absolute atomic E-state index is 8.46. The van der Waals surface area contributed by atoms with Crippen LogP contribution in [0.1, 0.15) is 18.9 Å². The van der Waals surface area contributed by atoms with Gasteiger partial charge in [0.1, 0.15) is 5.01 Å². The Morgan fingerprint density at radius 2 is 2.15 bits per heavy atom. The molecule has 5 heteroatoms. The second-order valence-corrected chi connectivity index (χ2v) is 3.33. The van der Waals surface area contributed by atoms with E-state index in [9.17, 15) is 0 Å². The smallest absolute Gasteiger partial charge is 0.237 e. The Balaban J connectivity index is 2.73. The number of nitriles is 1. The van der Waals surface area contributed by atoms with Gasteiger partial charge in [-0.25, -0.2) is 4.98 Å². The zero-order valence-electron chi connectivity index (χ0n) is 7.82. The fourth-order valence-electron chi connectivity index (χ4n) is 1.02. The van der Waals surface area contributed by atoms with Gasteiger partial charge in [-0.3, -0.25) is 0 Å². The van der Waals surface area contributed by atoms with Crippen LogP contribution in [-0.2, 0) is 6.42 Å². The van der Waals surface area contributed by atoms with Gasteiger partial charge >= 0.3 is 0 Å². The minimum atomic E-state index is 0.360. The molecule has 4 nitrogen and oxygen atoms in total. The Labute approximate surface area is 82.0 Å². The molecule has 0 radical (unpaired) electrons. The van der Waals surface area contributed by atoms with Crippen LogP contribution < -0.4 is 4.90 Å². The van der Waals surface area contributed by atoms with Crippen LogP contribution in [0.15, 0.2) is 0 Å². The molecule has 1 aromatic rings. The summed E-state index contributed by atoms with van der Waals surface area (Å²) in [5, 5.41) is 9.25. The van der Waals surface area contributed by atoms with Crippen molar-refractivity contribution >= 4 is 17.5 Å². The van der Waals surface area contributed by atoms with Crippen LogP contribution in [0.2, 0.25) is 0 Å². The molecule has 0 N–H and O–H groups in total. The van der Waals surface area contributed by atoms with Crippen molar-refractivity contribution in [3.8, 4) is 6.07 Å². The molecule has 70 valence electrons. The largest absolute Gasteiger partial charge is 0.341 e. The number of rotatable bonds is 4. The van der Waals surface area contributed by atoms with Crippen LogP contribution in [0.4, 0.5) is 5.95 Å². The van der Waals surface area contributed by atoms with Gasteiger partial charge in [-0.2, -0.15) is 9.64 Å². The van der Waals surface area contributed by atoms with Crippen molar-refractivity contribution < 1.29 is 0 Å². The highest BCUT2D eigenvalue weighted by Crippen LogP contribution is 2.13. The summed E-state index contributed by atoms with van der Waals surface area (Å²) in [5.74, 6) is 0.750.